The molecule has 1 amide bonds. The summed E-state index contributed by atoms with van der Waals surface area (Å²) in [5.41, 5.74) is 2.14. The summed E-state index contributed by atoms with van der Waals surface area (Å²) >= 11 is 0. The minimum Gasteiger partial charge on any atom is -0.484 e. The molecule has 0 saturated carbocycles. The second-order valence-electron chi connectivity index (χ2n) is 7.92. The summed E-state index contributed by atoms with van der Waals surface area (Å²) in [5, 5.41) is 4.05. The minimum absolute atomic E-state index is 0.0811. The first kappa shape index (κ1) is 21.6. The summed E-state index contributed by atoms with van der Waals surface area (Å²) in [4.78, 5) is 20.8. The van der Waals surface area contributed by atoms with Gasteiger partial charge < -0.3 is 19.1 Å². The van der Waals surface area contributed by atoms with Gasteiger partial charge in [0.05, 0.1) is 5.69 Å². The third kappa shape index (κ3) is 4.76. The van der Waals surface area contributed by atoms with Crippen LogP contribution in [-0.2, 0) is 4.79 Å². The first-order chi connectivity index (χ1) is 16.7. The van der Waals surface area contributed by atoms with Crippen LogP contribution >= 0.6 is 0 Å². The molecule has 0 spiro atoms. The van der Waals surface area contributed by atoms with Crippen molar-refractivity contribution in [1.82, 2.24) is 15.0 Å². The van der Waals surface area contributed by atoms with Gasteiger partial charge in [-0.1, -0.05) is 53.7 Å². The Hall–Kier alpha value is -4.20. The molecule has 8 heteroatoms. The highest BCUT2D eigenvalue weighted by atomic mass is 19.1. The van der Waals surface area contributed by atoms with Crippen LogP contribution in [0.25, 0.3) is 22.8 Å². The number of benzene rings is 3. The van der Waals surface area contributed by atoms with E-state index in [0.29, 0.717) is 54.9 Å². The van der Waals surface area contributed by atoms with Crippen molar-refractivity contribution in [3.63, 3.8) is 0 Å². The van der Waals surface area contributed by atoms with E-state index in [0.717, 1.165) is 5.56 Å². The number of hydrogen-bond donors (Lipinski definition) is 0. The van der Waals surface area contributed by atoms with E-state index in [2.05, 4.69) is 10.1 Å². The maximum Gasteiger partial charge on any atom is 0.260 e. The van der Waals surface area contributed by atoms with Gasteiger partial charge in [-0.3, -0.25) is 4.79 Å². The van der Waals surface area contributed by atoms with Crippen LogP contribution < -0.4 is 9.64 Å². The normalized spacial score (nSPS) is 13.7. The van der Waals surface area contributed by atoms with Crippen molar-refractivity contribution in [3.8, 4) is 28.6 Å². The van der Waals surface area contributed by atoms with Gasteiger partial charge >= 0.3 is 0 Å². The first-order valence-corrected chi connectivity index (χ1v) is 11.1. The Morgan fingerprint density at radius 3 is 2.44 bits per heavy atom. The minimum atomic E-state index is -0.248. The van der Waals surface area contributed by atoms with Crippen molar-refractivity contribution < 1.29 is 18.4 Å². The van der Waals surface area contributed by atoms with Gasteiger partial charge in [-0.25, -0.2) is 4.39 Å². The molecule has 0 aliphatic carbocycles. The van der Waals surface area contributed by atoms with Crippen molar-refractivity contribution in [3.05, 3.63) is 84.7 Å². The summed E-state index contributed by atoms with van der Waals surface area (Å²) in [6, 6.07) is 23.5. The van der Waals surface area contributed by atoms with E-state index in [1.165, 1.54) is 6.07 Å². The molecule has 7 nitrogen and oxygen atoms in total. The number of hydrogen-bond acceptors (Lipinski definition) is 6. The van der Waals surface area contributed by atoms with Gasteiger partial charge in [-0.2, -0.15) is 4.98 Å². The highest BCUT2D eigenvalue weighted by Crippen LogP contribution is 2.25. The molecule has 0 radical (unpaired) electrons. The molecule has 3 aromatic carbocycles. The number of aromatic nitrogens is 2. The largest absolute Gasteiger partial charge is 0.484 e. The van der Waals surface area contributed by atoms with Crippen LogP contribution in [0.4, 0.5) is 10.1 Å². The molecule has 1 aliphatic heterocycles. The van der Waals surface area contributed by atoms with E-state index >= 15 is 0 Å². The van der Waals surface area contributed by atoms with Crippen LogP contribution in [0.2, 0.25) is 0 Å². The fourth-order valence-corrected chi connectivity index (χ4v) is 3.91. The molecule has 0 bridgehead atoms. The molecule has 1 aliphatic rings. The Labute approximate surface area is 196 Å². The highest BCUT2D eigenvalue weighted by Gasteiger charge is 2.23. The fourth-order valence-electron chi connectivity index (χ4n) is 3.91. The van der Waals surface area contributed by atoms with Gasteiger partial charge in [-0.15, -0.1) is 0 Å². The molecule has 1 fully saturated rings. The molecule has 34 heavy (non-hydrogen) atoms. The Bertz CT molecular complexity index is 1270. The van der Waals surface area contributed by atoms with Crippen molar-refractivity contribution in [1.29, 1.82) is 0 Å². The van der Waals surface area contributed by atoms with Crippen LogP contribution in [0.3, 0.4) is 0 Å². The first-order valence-electron chi connectivity index (χ1n) is 11.1. The zero-order chi connectivity index (χ0) is 23.3. The van der Waals surface area contributed by atoms with Crippen LogP contribution in [0.1, 0.15) is 0 Å². The Kier molecular flexibility index (Phi) is 6.20. The van der Waals surface area contributed by atoms with E-state index in [-0.39, 0.29) is 18.3 Å². The molecule has 2 heterocycles. The average Bonchev–Trinajstić information content (AvgIpc) is 3.39. The van der Waals surface area contributed by atoms with E-state index in [4.69, 9.17) is 9.26 Å². The zero-order valence-electron chi connectivity index (χ0n) is 18.4. The maximum atomic E-state index is 14.0. The summed E-state index contributed by atoms with van der Waals surface area (Å²) in [6.07, 6.45) is 0. The molecule has 1 aromatic heterocycles. The predicted octanol–water partition coefficient (Wildman–Crippen LogP) is 4.27. The summed E-state index contributed by atoms with van der Waals surface area (Å²) in [7, 11) is 0. The molecule has 5 rings (SSSR count). The third-order valence-electron chi connectivity index (χ3n) is 5.73. The van der Waals surface area contributed by atoms with Crippen LogP contribution in [-0.4, -0.2) is 53.7 Å². The van der Waals surface area contributed by atoms with Gasteiger partial charge in [0.15, 0.2) is 6.61 Å². The quantitative estimate of drug-likeness (QED) is 0.430. The van der Waals surface area contributed by atoms with Gasteiger partial charge in [0.1, 0.15) is 11.6 Å². The number of halogens is 1. The lowest BCUT2D eigenvalue weighted by molar-refractivity contribution is -0.133. The van der Waals surface area contributed by atoms with E-state index in [9.17, 15) is 9.18 Å². The summed E-state index contributed by atoms with van der Waals surface area (Å²) < 4.78 is 25.2. The van der Waals surface area contributed by atoms with Crippen LogP contribution in [0, 0.1) is 5.82 Å². The number of ether oxygens (including phenoxy) is 1. The second-order valence-corrected chi connectivity index (χ2v) is 7.92. The average molecular weight is 458 g/mol. The van der Waals surface area contributed by atoms with E-state index in [1.807, 2.05) is 53.4 Å². The molecular weight excluding hydrogens is 435 g/mol. The molecule has 0 atom stereocenters. The smallest absolute Gasteiger partial charge is 0.260 e. The molecular formula is C26H23FN4O3. The van der Waals surface area contributed by atoms with Crippen molar-refractivity contribution in [2.45, 2.75) is 0 Å². The van der Waals surface area contributed by atoms with Crippen molar-refractivity contribution >= 4 is 11.6 Å². The molecule has 0 unspecified atom stereocenters. The third-order valence-corrected chi connectivity index (χ3v) is 5.73. The second kappa shape index (κ2) is 9.74. The van der Waals surface area contributed by atoms with Gasteiger partial charge in [-0.05, 0) is 30.3 Å². The number of nitrogens with zero attached hydrogens (tertiary/aromatic N) is 4. The number of anilines is 1. The standard InChI is InChI=1S/C26H23FN4O3/c27-22-11-4-5-12-23(22)30-13-15-31(16-14-30)24(32)18-33-21-10-6-9-20(17-21)26-28-25(29-34-26)19-7-2-1-3-8-19/h1-12,17H,13-16,18H2. The van der Waals surface area contributed by atoms with Crippen molar-refractivity contribution in [2.24, 2.45) is 0 Å². The Morgan fingerprint density at radius 2 is 1.65 bits per heavy atom. The number of piperazine rings is 1. The van der Waals surface area contributed by atoms with Crippen LogP contribution in [0.15, 0.2) is 83.4 Å². The Balaban J connectivity index is 1.17. The highest BCUT2D eigenvalue weighted by molar-refractivity contribution is 5.78. The Morgan fingerprint density at radius 1 is 0.912 bits per heavy atom. The molecule has 1 saturated heterocycles. The number of para-hydroxylation sites is 1. The van der Waals surface area contributed by atoms with Gasteiger partial charge in [0, 0.05) is 37.3 Å². The van der Waals surface area contributed by atoms with Gasteiger partial charge in [0.25, 0.3) is 11.8 Å². The summed E-state index contributed by atoms with van der Waals surface area (Å²) in [5.74, 6) is 1.06. The SMILES string of the molecule is O=C(COc1cccc(-c2nc(-c3ccccc3)no2)c1)N1CCN(c2ccccc2F)CC1. The molecule has 0 N–H and O–H groups in total. The van der Waals surface area contributed by atoms with Crippen LogP contribution in [0.5, 0.6) is 5.75 Å². The van der Waals surface area contributed by atoms with Crippen molar-refractivity contribution in [2.75, 3.05) is 37.7 Å². The topological polar surface area (TPSA) is 71.7 Å². The lowest BCUT2D eigenvalue weighted by atomic mass is 10.2. The number of carbonyl (C=O) groups is 1. The number of carbonyl (C=O) groups excluding carboxylic acids is 1. The predicted molar refractivity (Wildman–Crippen MR) is 126 cm³/mol. The monoisotopic (exact) mass is 458 g/mol. The fraction of sp³-hybridized carbons (Fsp3) is 0.192. The maximum absolute atomic E-state index is 14.0. The van der Waals surface area contributed by atoms with E-state index < -0.39 is 0 Å². The number of amides is 1. The summed E-state index contributed by atoms with van der Waals surface area (Å²) in [6.45, 7) is 2.09. The van der Waals surface area contributed by atoms with Gasteiger partial charge in [0.2, 0.25) is 5.82 Å². The zero-order valence-corrected chi connectivity index (χ0v) is 18.4. The van der Waals surface area contributed by atoms with E-state index in [1.54, 1.807) is 29.2 Å². The molecule has 172 valence electrons. The molecule has 4 aromatic rings. The lowest BCUT2D eigenvalue weighted by Gasteiger charge is -2.36. The number of rotatable bonds is 6. The lowest BCUT2D eigenvalue weighted by Crippen LogP contribution is -2.50.